The fourth-order valence-corrected chi connectivity index (χ4v) is 1.77. The molecule has 4 nitrogen and oxygen atoms in total. The van der Waals surface area contributed by atoms with Gasteiger partial charge in [0.25, 0.3) is 0 Å². The molecule has 0 aromatic carbocycles. The van der Waals surface area contributed by atoms with Gasteiger partial charge in [-0.25, -0.2) is 4.74 Å². The van der Waals surface area contributed by atoms with Crippen molar-refractivity contribution in [2.24, 2.45) is 5.92 Å². The van der Waals surface area contributed by atoms with E-state index in [9.17, 15) is 10.4 Å². The number of hydrogen-bond acceptors (Lipinski definition) is 3. The molecule has 0 heterocycles. The smallest absolute Gasteiger partial charge is 0.210 e. The highest BCUT2D eigenvalue weighted by Gasteiger charge is 2.17. The van der Waals surface area contributed by atoms with E-state index in [1.165, 1.54) is 14.1 Å². The summed E-state index contributed by atoms with van der Waals surface area (Å²) < 4.78 is 0.826. The van der Waals surface area contributed by atoms with Crippen molar-refractivity contribution in [3.8, 4) is 0 Å². The Labute approximate surface area is 94.3 Å². The van der Waals surface area contributed by atoms with Gasteiger partial charge in [-0.1, -0.05) is 18.2 Å². The molecule has 2 rings (SSSR count). The lowest BCUT2D eigenvalue weighted by Crippen LogP contribution is -2.17. The summed E-state index contributed by atoms with van der Waals surface area (Å²) in [4.78, 5) is 0. The van der Waals surface area contributed by atoms with Gasteiger partial charge in [-0.05, 0) is 18.7 Å². The topological polar surface area (TPSA) is 52.4 Å². The quantitative estimate of drug-likeness (QED) is 0.380. The van der Waals surface area contributed by atoms with Gasteiger partial charge >= 0.3 is 0 Å². The van der Waals surface area contributed by atoms with Crippen molar-refractivity contribution in [3.63, 3.8) is 0 Å². The van der Waals surface area contributed by atoms with Crippen LogP contribution >= 0.6 is 0 Å². The Kier molecular flexibility index (Phi) is 2.66. The summed E-state index contributed by atoms with van der Waals surface area (Å²) in [6.45, 7) is 0. The van der Waals surface area contributed by atoms with E-state index in [2.05, 4.69) is 0 Å². The number of allylic oxidation sites excluding steroid dienone is 7. The van der Waals surface area contributed by atoms with E-state index < -0.39 is 0 Å². The number of hydroxylamine groups is 3. The predicted octanol–water partition coefficient (Wildman–Crippen LogP) is 1.56. The number of hydrogen-bond donors (Lipinski definition) is 0. The normalized spacial score (nSPS) is 25.8. The largest absolute Gasteiger partial charge is 0.758 e. The SMILES string of the molecule is CN([O-])C1=CC2C=C/C(=[N+](/C)[O-])C=C2C=C1. The molecule has 0 amide bonds. The molecule has 0 bridgehead atoms. The van der Waals surface area contributed by atoms with Gasteiger partial charge in [0, 0.05) is 23.8 Å². The second-order valence-electron chi connectivity index (χ2n) is 3.87. The average molecular weight is 217 g/mol. The van der Waals surface area contributed by atoms with E-state index in [4.69, 9.17) is 0 Å². The highest BCUT2D eigenvalue weighted by Crippen LogP contribution is 2.27. The molecule has 0 aromatic rings. The lowest BCUT2D eigenvalue weighted by molar-refractivity contribution is -0.420. The molecule has 2 aliphatic rings. The van der Waals surface area contributed by atoms with Crippen LogP contribution in [0.15, 0.2) is 47.7 Å². The molecule has 4 heteroatoms. The number of nitrogens with zero attached hydrogens (tertiary/aromatic N) is 2. The maximum Gasteiger partial charge on any atom is 0.210 e. The van der Waals surface area contributed by atoms with E-state index in [0.717, 1.165) is 15.4 Å². The lowest BCUT2D eigenvalue weighted by Gasteiger charge is -2.30. The zero-order chi connectivity index (χ0) is 11.7. The summed E-state index contributed by atoms with van der Waals surface area (Å²) in [6.07, 6.45) is 11.1. The molecule has 0 N–H and O–H groups in total. The van der Waals surface area contributed by atoms with Crippen LogP contribution in [0.2, 0.25) is 0 Å². The van der Waals surface area contributed by atoms with E-state index in [1.807, 2.05) is 24.3 Å². The third-order valence-electron chi connectivity index (χ3n) is 2.70. The van der Waals surface area contributed by atoms with Gasteiger partial charge in [-0.15, -0.1) is 0 Å². The van der Waals surface area contributed by atoms with Crippen LogP contribution in [0.25, 0.3) is 0 Å². The standard InChI is InChI=1S/C12H13N2O2/c1-13(15)11-5-3-10-8-12(14(2)16)6-4-9(10)7-11/h3-9H,1-2H3/q-1/b14-12+. The molecule has 0 saturated heterocycles. The first-order chi connectivity index (χ1) is 7.58. The molecular weight excluding hydrogens is 204 g/mol. The molecule has 0 aliphatic heterocycles. The van der Waals surface area contributed by atoms with Crippen LogP contribution in [-0.2, 0) is 0 Å². The highest BCUT2D eigenvalue weighted by atomic mass is 16.5. The van der Waals surface area contributed by atoms with Gasteiger partial charge in [0.1, 0.15) is 7.05 Å². The number of likely N-dealkylation sites (N-methyl/N-ethyl adjacent to an activating group) is 1. The van der Waals surface area contributed by atoms with Crippen LogP contribution in [0, 0.1) is 16.3 Å². The van der Waals surface area contributed by atoms with E-state index in [-0.39, 0.29) is 5.92 Å². The molecule has 0 radical (unpaired) electrons. The fourth-order valence-electron chi connectivity index (χ4n) is 1.77. The maximum atomic E-state index is 11.1. The van der Waals surface area contributed by atoms with Crippen LogP contribution in [0.5, 0.6) is 0 Å². The van der Waals surface area contributed by atoms with Crippen LogP contribution in [0.1, 0.15) is 0 Å². The molecule has 0 spiro atoms. The van der Waals surface area contributed by atoms with Gasteiger partial charge < -0.3 is 15.5 Å². The summed E-state index contributed by atoms with van der Waals surface area (Å²) in [5.74, 6) is 0.0973. The second-order valence-corrected chi connectivity index (χ2v) is 3.87. The van der Waals surface area contributed by atoms with Gasteiger partial charge in [0.05, 0.1) is 0 Å². The summed E-state index contributed by atoms with van der Waals surface area (Å²) in [5, 5.41) is 23.1. The fraction of sp³-hybridized carbons (Fsp3) is 0.250. The molecule has 0 aromatic heterocycles. The zero-order valence-corrected chi connectivity index (χ0v) is 9.25. The molecule has 16 heavy (non-hydrogen) atoms. The van der Waals surface area contributed by atoms with Crippen LogP contribution in [-0.4, -0.2) is 29.6 Å². The minimum absolute atomic E-state index is 0.0973. The van der Waals surface area contributed by atoms with Crippen molar-refractivity contribution in [2.45, 2.75) is 0 Å². The summed E-state index contributed by atoms with van der Waals surface area (Å²) in [7, 11) is 2.94. The molecule has 0 fully saturated rings. The number of rotatable bonds is 1. The Bertz CT molecular complexity index is 450. The van der Waals surface area contributed by atoms with E-state index in [1.54, 1.807) is 12.2 Å². The Morgan fingerprint density at radius 2 is 2.06 bits per heavy atom. The Morgan fingerprint density at radius 1 is 1.31 bits per heavy atom. The van der Waals surface area contributed by atoms with E-state index >= 15 is 0 Å². The third kappa shape index (κ3) is 1.92. The maximum absolute atomic E-state index is 11.1. The van der Waals surface area contributed by atoms with Crippen molar-refractivity contribution >= 4 is 5.71 Å². The Balaban J connectivity index is 2.31. The average Bonchev–Trinajstić information content (AvgIpc) is 2.27. The summed E-state index contributed by atoms with van der Waals surface area (Å²) in [5.41, 5.74) is 2.31. The predicted molar refractivity (Wildman–Crippen MR) is 63.6 cm³/mol. The minimum Gasteiger partial charge on any atom is -0.758 e. The first kappa shape index (κ1) is 10.7. The highest BCUT2D eigenvalue weighted by molar-refractivity contribution is 6.02. The minimum atomic E-state index is 0.0973. The Morgan fingerprint density at radius 3 is 2.69 bits per heavy atom. The van der Waals surface area contributed by atoms with Crippen molar-refractivity contribution < 1.29 is 4.74 Å². The van der Waals surface area contributed by atoms with Crippen LogP contribution in [0.4, 0.5) is 0 Å². The van der Waals surface area contributed by atoms with Crippen molar-refractivity contribution in [3.05, 3.63) is 58.1 Å². The molecule has 0 saturated carbocycles. The van der Waals surface area contributed by atoms with Crippen LogP contribution in [0.3, 0.4) is 0 Å². The van der Waals surface area contributed by atoms with Gasteiger partial charge in [0.2, 0.25) is 5.71 Å². The molecular formula is C12H13N2O2-. The van der Waals surface area contributed by atoms with Crippen LogP contribution < -0.4 is 0 Å². The summed E-state index contributed by atoms with van der Waals surface area (Å²) in [6, 6.07) is 0. The first-order valence-electron chi connectivity index (χ1n) is 5.06. The second kappa shape index (κ2) is 3.98. The van der Waals surface area contributed by atoms with E-state index in [0.29, 0.717) is 11.4 Å². The van der Waals surface area contributed by atoms with Gasteiger partial charge in [-0.3, -0.25) is 0 Å². The third-order valence-corrected chi connectivity index (χ3v) is 2.70. The first-order valence-corrected chi connectivity index (χ1v) is 5.06. The van der Waals surface area contributed by atoms with Crippen molar-refractivity contribution in [1.29, 1.82) is 0 Å². The Hall–Kier alpha value is -1.81. The molecule has 1 atom stereocenters. The molecule has 2 aliphatic carbocycles. The number of fused-ring (bicyclic) bond motifs is 1. The van der Waals surface area contributed by atoms with Crippen molar-refractivity contribution in [1.82, 2.24) is 5.06 Å². The molecule has 1 unspecified atom stereocenters. The lowest BCUT2D eigenvalue weighted by atomic mass is 9.88. The van der Waals surface area contributed by atoms with Gasteiger partial charge in [0.15, 0.2) is 0 Å². The monoisotopic (exact) mass is 217 g/mol. The molecule has 84 valence electrons. The van der Waals surface area contributed by atoms with Crippen molar-refractivity contribution in [2.75, 3.05) is 14.1 Å². The van der Waals surface area contributed by atoms with Gasteiger partial charge in [-0.2, -0.15) is 0 Å². The summed E-state index contributed by atoms with van der Waals surface area (Å²) >= 11 is 0. The zero-order valence-electron chi connectivity index (χ0n) is 9.25.